The lowest BCUT2D eigenvalue weighted by molar-refractivity contribution is 0.341. The Morgan fingerprint density at radius 3 is 2.55 bits per heavy atom. The second-order valence-corrected chi connectivity index (χ2v) is 8.29. The van der Waals surface area contributed by atoms with Gasteiger partial charge < -0.3 is 5.73 Å². The van der Waals surface area contributed by atoms with Crippen molar-refractivity contribution in [2.24, 2.45) is 11.7 Å². The van der Waals surface area contributed by atoms with E-state index in [1.165, 1.54) is 0 Å². The van der Waals surface area contributed by atoms with Gasteiger partial charge in [-0.05, 0) is 66.2 Å². The Balaban J connectivity index is 2.40. The molecule has 2 N–H and O–H groups in total. The van der Waals surface area contributed by atoms with Gasteiger partial charge in [0.15, 0.2) is 0 Å². The Labute approximate surface area is 129 Å². The first-order valence-corrected chi connectivity index (χ1v) is 9.10. The fourth-order valence-corrected chi connectivity index (χ4v) is 4.83. The van der Waals surface area contributed by atoms with Crippen LogP contribution in [0.5, 0.6) is 0 Å². The Morgan fingerprint density at radius 2 is 2.05 bits per heavy atom. The maximum absolute atomic E-state index is 12.9. The lowest BCUT2D eigenvalue weighted by atomic mass is 10.2. The van der Waals surface area contributed by atoms with Crippen LogP contribution in [0.2, 0.25) is 0 Å². The van der Waals surface area contributed by atoms with Crippen LogP contribution < -0.4 is 5.73 Å². The van der Waals surface area contributed by atoms with E-state index in [0.29, 0.717) is 28.4 Å². The van der Waals surface area contributed by atoms with Gasteiger partial charge in [-0.1, -0.05) is 6.07 Å². The highest BCUT2D eigenvalue weighted by Gasteiger charge is 2.34. The normalized spacial score (nSPS) is 16.1. The molecule has 1 fully saturated rings. The van der Waals surface area contributed by atoms with Gasteiger partial charge in [0.05, 0.1) is 4.90 Å². The van der Waals surface area contributed by atoms with Gasteiger partial charge in [0.1, 0.15) is 0 Å². The molecular weight excluding hydrogens is 340 g/mol. The van der Waals surface area contributed by atoms with Crippen molar-refractivity contribution in [3.8, 4) is 0 Å². The van der Waals surface area contributed by atoms with E-state index in [4.69, 9.17) is 5.73 Å². The van der Waals surface area contributed by atoms with Crippen molar-refractivity contribution in [1.29, 1.82) is 0 Å². The van der Waals surface area contributed by atoms with Crippen LogP contribution in [-0.4, -0.2) is 25.3 Å². The van der Waals surface area contributed by atoms with Gasteiger partial charge in [-0.2, -0.15) is 4.31 Å². The Bertz CT molecular complexity index is 583. The fourth-order valence-electron chi connectivity index (χ4n) is 2.14. The van der Waals surface area contributed by atoms with Crippen LogP contribution in [0.1, 0.15) is 32.3 Å². The number of hydrogen-bond acceptors (Lipinski definition) is 3. The van der Waals surface area contributed by atoms with Crippen LogP contribution in [0.25, 0.3) is 0 Å². The third kappa shape index (κ3) is 3.42. The Hall–Kier alpha value is -0.430. The van der Waals surface area contributed by atoms with Gasteiger partial charge in [0, 0.05) is 23.6 Å². The minimum atomic E-state index is -3.49. The van der Waals surface area contributed by atoms with Gasteiger partial charge in [0.25, 0.3) is 0 Å². The van der Waals surface area contributed by atoms with Crippen molar-refractivity contribution >= 4 is 26.0 Å². The number of rotatable bonds is 6. The Kier molecular flexibility index (Phi) is 4.89. The molecule has 4 nitrogen and oxygen atoms in total. The highest BCUT2D eigenvalue weighted by Crippen LogP contribution is 2.34. The van der Waals surface area contributed by atoms with E-state index in [-0.39, 0.29) is 6.04 Å². The van der Waals surface area contributed by atoms with E-state index in [1.54, 1.807) is 16.4 Å². The van der Waals surface area contributed by atoms with Crippen molar-refractivity contribution in [2.45, 2.75) is 44.2 Å². The molecule has 6 heteroatoms. The average Bonchev–Trinajstić information content (AvgIpc) is 3.19. The van der Waals surface area contributed by atoms with E-state index in [9.17, 15) is 8.42 Å². The summed E-state index contributed by atoms with van der Waals surface area (Å²) >= 11 is 3.35. The largest absolute Gasteiger partial charge is 0.326 e. The molecule has 112 valence electrons. The third-order valence-electron chi connectivity index (χ3n) is 3.53. The van der Waals surface area contributed by atoms with E-state index in [0.717, 1.165) is 18.4 Å². The predicted molar refractivity (Wildman–Crippen MR) is 83.8 cm³/mol. The summed E-state index contributed by atoms with van der Waals surface area (Å²) in [6.45, 7) is 4.78. The summed E-state index contributed by atoms with van der Waals surface area (Å²) < 4.78 is 28.0. The zero-order valence-electron chi connectivity index (χ0n) is 11.8. The molecule has 0 spiro atoms. The number of hydrogen-bond donors (Lipinski definition) is 1. The molecule has 0 aliphatic heterocycles. The van der Waals surface area contributed by atoms with Gasteiger partial charge in [0.2, 0.25) is 10.0 Å². The average molecular weight is 361 g/mol. The summed E-state index contributed by atoms with van der Waals surface area (Å²) in [6, 6.07) is 5.21. The van der Waals surface area contributed by atoms with Crippen LogP contribution in [0, 0.1) is 5.92 Å². The van der Waals surface area contributed by atoms with Gasteiger partial charge in [-0.25, -0.2) is 8.42 Å². The molecule has 1 saturated carbocycles. The molecule has 0 radical (unpaired) electrons. The summed E-state index contributed by atoms with van der Waals surface area (Å²) in [7, 11) is -3.49. The molecule has 20 heavy (non-hydrogen) atoms. The third-order valence-corrected chi connectivity index (χ3v) is 6.56. The highest BCUT2D eigenvalue weighted by molar-refractivity contribution is 9.10. The fraction of sp³-hybridized carbons (Fsp3) is 0.571. The summed E-state index contributed by atoms with van der Waals surface area (Å²) in [4.78, 5) is 0.315. The molecule has 0 unspecified atom stereocenters. The lowest BCUT2D eigenvalue weighted by Crippen LogP contribution is -2.38. The molecule has 0 amide bonds. The van der Waals surface area contributed by atoms with Crippen LogP contribution >= 0.6 is 15.9 Å². The molecule has 0 bridgehead atoms. The molecule has 1 aliphatic rings. The second-order valence-electron chi connectivity index (χ2n) is 5.58. The quantitative estimate of drug-likeness (QED) is 0.847. The van der Waals surface area contributed by atoms with E-state index in [2.05, 4.69) is 15.9 Å². The van der Waals surface area contributed by atoms with Gasteiger partial charge in [-0.3, -0.25) is 0 Å². The molecule has 1 aliphatic carbocycles. The zero-order valence-corrected chi connectivity index (χ0v) is 14.2. The molecule has 1 aromatic rings. The minimum absolute atomic E-state index is 0.0472. The number of benzene rings is 1. The minimum Gasteiger partial charge on any atom is -0.326 e. The number of halogens is 1. The van der Waals surface area contributed by atoms with Crippen LogP contribution in [0.3, 0.4) is 0 Å². The topological polar surface area (TPSA) is 63.4 Å². The number of nitrogens with two attached hydrogens (primary N) is 1. The number of sulfonamides is 1. The standard InChI is InChI=1S/C14H21BrN2O2S/c1-10(2)17(9-11-3-4-11)20(18,19)14-7-12(8-16)5-6-13(14)15/h5-7,10-11H,3-4,8-9,16H2,1-2H3. The summed E-state index contributed by atoms with van der Waals surface area (Å²) in [5, 5.41) is 0. The highest BCUT2D eigenvalue weighted by atomic mass is 79.9. The number of nitrogens with zero attached hydrogens (tertiary/aromatic N) is 1. The first kappa shape index (κ1) is 15.9. The first-order valence-electron chi connectivity index (χ1n) is 6.86. The maximum atomic E-state index is 12.9. The van der Waals surface area contributed by atoms with Gasteiger partial charge in [-0.15, -0.1) is 0 Å². The second kappa shape index (κ2) is 6.13. The van der Waals surface area contributed by atoms with Crippen molar-refractivity contribution in [2.75, 3.05) is 6.54 Å². The lowest BCUT2D eigenvalue weighted by Gasteiger charge is -2.26. The molecule has 0 saturated heterocycles. The van der Waals surface area contributed by atoms with Crippen molar-refractivity contribution in [3.63, 3.8) is 0 Å². The van der Waals surface area contributed by atoms with E-state index in [1.807, 2.05) is 19.9 Å². The molecule has 1 aromatic carbocycles. The molecule has 0 heterocycles. The molecule has 2 rings (SSSR count). The molecule has 0 aromatic heterocycles. The van der Waals surface area contributed by atoms with Crippen LogP contribution in [0.15, 0.2) is 27.6 Å². The van der Waals surface area contributed by atoms with Crippen LogP contribution in [-0.2, 0) is 16.6 Å². The van der Waals surface area contributed by atoms with Crippen molar-refractivity contribution < 1.29 is 8.42 Å². The van der Waals surface area contributed by atoms with E-state index >= 15 is 0 Å². The first-order chi connectivity index (χ1) is 9.36. The predicted octanol–water partition coefficient (Wildman–Crippen LogP) is 2.72. The van der Waals surface area contributed by atoms with Crippen molar-refractivity contribution in [1.82, 2.24) is 4.31 Å². The van der Waals surface area contributed by atoms with E-state index < -0.39 is 10.0 Å². The summed E-state index contributed by atoms with van der Waals surface area (Å²) in [5.41, 5.74) is 6.44. The molecular formula is C14H21BrN2O2S. The van der Waals surface area contributed by atoms with Crippen LogP contribution in [0.4, 0.5) is 0 Å². The maximum Gasteiger partial charge on any atom is 0.244 e. The van der Waals surface area contributed by atoms with Gasteiger partial charge >= 0.3 is 0 Å². The summed E-state index contributed by atoms with van der Waals surface area (Å²) in [5.74, 6) is 0.517. The molecule has 0 atom stereocenters. The van der Waals surface area contributed by atoms with Crippen molar-refractivity contribution in [3.05, 3.63) is 28.2 Å². The SMILES string of the molecule is CC(C)N(CC1CC1)S(=O)(=O)c1cc(CN)ccc1Br. The monoisotopic (exact) mass is 360 g/mol. The zero-order chi connectivity index (χ0) is 14.9. The Morgan fingerprint density at radius 1 is 1.40 bits per heavy atom. The smallest absolute Gasteiger partial charge is 0.244 e. The summed E-state index contributed by atoms with van der Waals surface area (Å²) in [6.07, 6.45) is 2.26.